The summed E-state index contributed by atoms with van der Waals surface area (Å²) in [6.07, 6.45) is 3.70. The Morgan fingerprint density at radius 3 is 2.58 bits per heavy atom. The Labute approximate surface area is 73.6 Å². The van der Waals surface area contributed by atoms with Crippen molar-refractivity contribution in [1.82, 2.24) is 0 Å². The lowest BCUT2D eigenvalue weighted by Crippen LogP contribution is -2.24. The van der Waals surface area contributed by atoms with Crippen molar-refractivity contribution in [2.75, 3.05) is 6.61 Å². The summed E-state index contributed by atoms with van der Waals surface area (Å²) < 4.78 is 4.80. The maximum atomic E-state index is 11.0. The van der Waals surface area contributed by atoms with Gasteiger partial charge in [-0.05, 0) is 25.2 Å². The molecule has 0 aliphatic heterocycles. The summed E-state index contributed by atoms with van der Waals surface area (Å²) >= 11 is 0. The van der Waals surface area contributed by atoms with Gasteiger partial charge < -0.3 is 4.74 Å². The number of rotatable bonds is 2. The number of ether oxygens (including phenoxy) is 1. The molecule has 0 aromatic heterocycles. The number of esters is 1. The number of allylic oxidation sites excluding steroid dienone is 1. The molecule has 68 valence electrons. The Morgan fingerprint density at radius 2 is 2.17 bits per heavy atom. The highest BCUT2D eigenvalue weighted by atomic mass is 16.5. The Bertz CT molecular complexity index is 204. The second-order valence-corrected chi connectivity index (χ2v) is 4.07. The molecule has 0 amide bonds. The zero-order chi connectivity index (χ0) is 9.19. The first-order valence-electron chi connectivity index (χ1n) is 4.40. The zero-order valence-corrected chi connectivity index (χ0v) is 8.02. The fraction of sp³-hybridized carbons (Fsp3) is 0.700. The maximum Gasteiger partial charge on any atom is 0.330 e. The van der Waals surface area contributed by atoms with E-state index in [2.05, 4.69) is 13.8 Å². The summed E-state index contributed by atoms with van der Waals surface area (Å²) in [5.41, 5.74) is 1.62. The topological polar surface area (TPSA) is 26.3 Å². The predicted molar refractivity (Wildman–Crippen MR) is 47.7 cm³/mol. The van der Waals surface area contributed by atoms with Gasteiger partial charge in [0, 0.05) is 6.08 Å². The Balaban J connectivity index is 2.36. The monoisotopic (exact) mass is 168 g/mol. The van der Waals surface area contributed by atoms with Gasteiger partial charge in [-0.2, -0.15) is 0 Å². The summed E-state index contributed by atoms with van der Waals surface area (Å²) in [6.45, 7) is 6.69. The van der Waals surface area contributed by atoms with E-state index in [0.29, 0.717) is 12.0 Å². The van der Waals surface area contributed by atoms with Gasteiger partial charge in [0.2, 0.25) is 0 Å². The van der Waals surface area contributed by atoms with E-state index in [1.54, 1.807) is 6.08 Å². The third kappa shape index (κ3) is 2.36. The van der Waals surface area contributed by atoms with Crippen LogP contribution in [0, 0.1) is 5.41 Å². The van der Waals surface area contributed by atoms with E-state index in [9.17, 15) is 4.79 Å². The Hall–Kier alpha value is -0.790. The molecule has 1 fully saturated rings. The predicted octanol–water partition coefficient (Wildman–Crippen LogP) is 2.30. The van der Waals surface area contributed by atoms with Gasteiger partial charge in [0.25, 0.3) is 0 Å². The van der Waals surface area contributed by atoms with Crippen LogP contribution < -0.4 is 0 Å². The first-order chi connectivity index (χ1) is 5.53. The molecule has 0 N–H and O–H groups in total. The van der Waals surface area contributed by atoms with Crippen molar-refractivity contribution < 1.29 is 9.53 Å². The molecule has 1 rings (SSSR count). The molecule has 0 saturated heterocycles. The molecule has 1 aliphatic rings. The number of hydrogen-bond donors (Lipinski definition) is 0. The molecule has 0 atom stereocenters. The number of hydrogen-bond acceptors (Lipinski definition) is 2. The first kappa shape index (κ1) is 9.30. The molecular weight excluding hydrogens is 152 g/mol. The van der Waals surface area contributed by atoms with Gasteiger partial charge in [0.15, 0.2) is 0 Å². The summed E-state index contributed by atoms with van der Waals surface area (Å²) in [5.74, 6) is -0.192. The van der Waals surface area contributed by atoms with Crippen LogP contribution in [0.1, 0.15) is 33.6 Å². The van der Waals surface area contributed by atoms with Crippen LogP contribution in [0.15, 0.2) is 11.6 Å². The minimum atomic E-state index is -0.192. The van der Waals surface area contributed by atoms with Crippen molar-refractivity contribution in [2.45, 2.75) is 33.6 Å². The largest absolute Gasteiger partial charge is 0.463 e. The van der Waals surface area contributed by atoms with Gasteiger partial charge >= 0.3 is 5.97 Å². The van der Waals surface area contributed by atoms with Gasteiger partial charge in [0.1, 0.15) is 0 Å². The number of carbonyl (C=O) groups is 1. The lowest BCUT2D eigenvalue weighted by molar-refractivity contribution is -0.137. The second-order valence-electron chi connectivity index (χ2n) is 4.07. The highest BCUT2D eigenvalue weighted by Crippen LogP contribution is 2.43. The third-order valence-electron chi connectivity index (χ3n) is 2.02. The molecule has 0 heterocycles. The Kier molecular flexibility index (Phi) is 2.55. The molecule has 2 nitrogen and oxygen atoms in total. The van der Waals surface area contributed by atoms with Crippen LogP contribution in [-0.4, -0.2) is 12.6 Å². The fourth-order valence-corrected chi connectivity index (χ4v) is 1.63. The summed E-state index contributed by atoms with van der Waals surface area (Å²) in [6, 6.07) is 0. The average Bonchev–Trinajstić information content (AvgIpc) is 1.83. The van der Waals surface area contributed by atoms with Crippen LogP contribution >= 0.6 is 0 Å². The van der Waals surface area contributed by atoms with Crippen LogP contribution in [0.2, 0.25) is 0 Å². The molecule has 0 spiro atoms. The van der Waals surface area contributed by atoms with Gasteiger partial charge in [-0.15, -0.1) is 0 Å². The molecule has 0 bridgehead atoms. The lowest BCUT2D eigenvalue weighted by Gasteiger charge is -2.37. The van der Waals surface area contributed by atoms with Gasteiger partial charge in [-0.25, -0.2) is 4.79 Å². The van der Waals surface area contributed by atoms with Crippen molar-refractivity contribution >= 4 is 5.97 Å². The quantitative estimate of drug-likeness (QED) is 0.467. The molecule has 1 aliphatic carbocycles. The molecule has 12 heavy (non-hydrogen) atoms. The smallest absolute Gasteiger partial charge is 0.330 e. The summed E-state index contributed by atoms with van der Waals surface area (Å²) in [5, 5.41) is 0. The van der Waals surface area contributed by atoms with E-state index < -0.39 is 0 Å². The summed E-state index contributed by atoms with van der Waals surface area (Å²) in [4.78, 5) is 11.0. The average molecular weight is 168 g/mol. The Morgan fingerprint density at radius 1 is 1.58 bits per heavy atom. The van der Waals surface area contributed by atoms with Gasteiger partial charge in [0.05, 0.1) is 6.61 Å². The van der Waals surface area contributed by atoms with Gasteiger partial charge in [-0.1, -0.05) is 19.4 Å². The lowest BCUT2D eigenvalue weighted by atomic mass is 9.68. The van der Waals surface area contributed by atoms with Crippen molar-refractivity contribution in [3.05, 3.63) is 11.6 Å². The van der Waals surface area contributed by atoms with Crippen LogP contribution in [0.25, 0.3) is 0 Å². The SMILES string of the molecule is CCOC(=O)C=C1CC(C)(C)C1. The van der Waals surface area contributed by atoms with Crippen LogP contribution in [0.4, 0.5) is 0 Å². The molecular formula is C10H16O2. The van der Waals surface area contributed by atoms with E-state index in [-0.39, 0.29) is 5.97 Å². The highest BCUT2D eigenvalue weighted by molar-refractivity contribution is 5.83. The second kappa shape index (κ2) is 3.30. The van der Waals surface area contributed by atoms with E-state index in [1.807, 2.05) is 6.92 Å². The molecule has 0 radical (unpaired) electrons. The highest BCUT2D eigenvalue weighted by Gasteiger charge is 2.31. The standard InChI is InChI=1S/C10H16O2/c1-4-12-9(11)5-8-6-10(2,3)7-8/h5H,4,6-7H2,1-3H3. The van der Waals surface area contributed by atoms with Crippen LogP contribution in [0.3, 0.4) is 0 Å². The van der Waals surface area contributed by atoms with Crippen LogP contribution in [0.5, 0.6) is 0 Å². The maximum absolute atomic E-state index is 11.0. The minimum absolute atomic E-state index is 0.192. The van der Waals surface area contributed by atoms with Crippen molar-refractivity contribution in [3.63, 3.8) is 0 Å². The third-order valence-corrected chi connectivity index (χ3v) is 2.02. The van der Waals surface area contributed by atoms with Crippen molar-refractivity contribution in [1.29, 1.82) is 0 Å². The van der Waals surface area contributed by atoms with E-state index in [4.69, 9.17) is 4.74 Å². The normalized spacial score (nSPS) is 19.8. The van der Waals surface area contributed by atoms with E-state index >= 15 is 0 Å². The van der Waals surface area contributed by atoms with E-state index in [0.717, 1.165) is 12.8 Å². The van der Waals surface area contributed by atoms with Crippen LogP contribution in [-0.2, 0) is 9.53 Å². The first-order valence-corrected chi connectivity index (χ1v) is 4.40. The van der Waals surface area contributed by atoms with Gasteiger partial charge in [-0.3, -0.25) is 0 Å². The minimum Gasteiger partial charge on any atom is -0.463 e. The number of carbonyl (C=O) groups excluding carboxylic acids is 1. The molecule has 0 unspecified atom stereocenters. The van der Waals surface area contributed by atoms with Crippen molar-refractivity contribution in [3.8, 4) is 0 Å². The molecule has 0 aromatic rings. The van der Waals surface area contributed by atoms with E-state index in [1.165, 1.54) is 5.57 Å². The molecule has 2 heteroatoms. The zero-order valence-electron chi connectivity index (χ0n) is 8.02. The fourth-order valence-electron chi connectivity index (χ4n) is 1.63. The molecule has 0 aromatic carbocycles. The molecule has 1 saturated carbocycles. The van der Waals surface area contributed by atoms with Crippen molar-refractivity contribution in [2.24, 2.45) is 5.41 Å². The summed E-state index contributed by atoms with van der Waals surface area (Å²) in [7, 11) is 0.